The summed E-state index contributed by atoms with van der Waals surface area (Å²) in [5, 5.41) is 2.29. The van der Waals surface area contributed by atoms with Crippen molar-refractivity contribution in [2.45, 2.75) is 32.4 Å². The Morgan fingerprint density at radius 3 is 2.39 bits per heavy atom. The summed E-state index contributed by atoms with van der Waals surface area (Å²) in [4.78, 5) is 23.3. The Bertz CT molecular complexity index is 571. The molecule has 0 saturated heterocycles. The zero-order chi connectivity index (χ0) is 17.6. The van der Waals surface area contributed by atoms with Crippen LogP contribution in [0.3, 0.4) is 0 Å². The van der Waals surface area contributed by atoms with E-state index >= 15 is 0 Å². The van der Waals surface area contributed by atoms with Crippen LogP contribution in [-0.4, -0.2) is 37.4 Å². The number of methoxy groups -OCH3 is 1. The van der Waals surface area contributed by atoms with Crippen LogP contribution >= 0.6 is 0 Å². The van der Waals surface area contributed by atoms with Crippen molar-refractivity contribution >= 4 is 12.1 Å². The molecule has 0 heterocycles. The van der Waals surface area contributed by atoms with Crippen molar-refractivity contribution < 1.29 is 32.6 Å². The molecule has 0 aliphatic heterocycles. The maximum Gasteiger partial charge on any atom is 0.408 e. The lowest BCUT2D eigenvalue weighted by Gasteiger charge is -2.22. The zero-order valence-electron chi connectivity index (χ0n) is 13.3. The summed E-state index contributed by atoms with van der Waals surface area (Å²) in [7, 11) is 1.14. The minimum Gasteiger partial charge on any atom is -0.491 e. The van der Waals surface area contributed by atoms with Crippen LogP contribution in [0.25, 0.3) is 0 Å². The molecule has 0 radical (unpaired) electrons. The normalized spacial score (nSPS) is 12.3. The maximum atomic E-state index is 13.1. The molecular formula is C15H19F2NO5. The van der Waals surface area contributed by atoms with Crippen LogP contribution in [0.1, 0.15) is 20.8 Å². The fraction of sp³-hybridized carbons (Fsp3) is 0.467. The summed E-state index contributed by atoms with van der Waals surface area (Å²) in [6, 6.07) is 1.75. The molecule has 1 unspecified atom stereocenters. The van der Waals surface area contributed by atoms with Gasteiger partial charge in [0.2, 0.25) is 0 Å². The molecule has 6 nitrogen and oxygen atoms in total. The van der Waals surface area contributed by atoms with E-state index in [-0.39, 0.29) is 12.4 Å². The van der Waals surface area contributed by atoms with Crippen molar-refractivity contribution in [3.8, 4) is 5.75 Å². The largest absolute Gasteiger partial charge is 0.491 e. The van der Waals surface area contributed by atoms with Crippen molar-refractivity contribution in [3.05, 3.63) is 29.8 Å². The van der Waals surface area contributed by atoms with Gasteiger partial charge in [-0.1, -0.05) is 0 Å². The first-order chi connectivity index (χ1) is 10.6. The minimum absolute atomic E-state index is 0.00351. The van der Waals surface area contributed by atoms with Crippen LogP contribution in [0.15, 0.2) is 18.2 Å². The molecule has 23 heavy (non-hydrogen) atoms. The average Bonchev–Trinajstić information content (AvgIpc) is 2.44. The van der Waals surface area contributed by atoms with Gasteiger partial charge in [-0.2, -0.15) is 0 Å². The van der Waals surface area contributed by atoms with Gasteiger partial charge in [-0.05, 0) is 32.9 Å². The van der Waals surface area contributed by atoms with E-state index in [1.165, 1.54) is 6.07 Å². The van der Waals surface area contributed by atoms with Crippen molar-refractivity contribution in [2.75, 3.05) is 13.7 Å². The van der Waals surface area contributed by atoms with Crippen LogP contribution in [0.2, 0.25) is 0 Å². The molecule has 1 amide bonds. The minimum atomic E-state index is -1.16. The molecule has 1 aromatic rings. The van der Waals surface area contributed by atoms with E-state index in [9.17, 15) is 18.4 Å². The quantitative estimate of drug-likeness (QED) is 0.839. The Morgan fingerprint density at radius 1 is 1.22 bits per heavy atom. The predicted octanol–water partition coefficient (Wildman–Crippen LogP) is 2.41. The molecule has 128 valence electrons. The molecule has 1 N–H and O–H groups in total. The number of benzene rings is 1. The number of rotatable bonds is 5. The van der Waals surface area contributed by atoms with E-state index in [0.717, 1.165) is 19.2 Å². The number of carbonyl (C=O) groups excluding carboxylic acids is 2. The van der Waals surface area contributed by atoms with Crippen LogP contribution < -0.4 is 10.1 Å². The van der Waals surface area contributed by atoms with Gasteiger partial charge in [0.1, 0.15) is 18.0 Å². The van der Waals surface area contributed by atoms with E-state index in [0.29, 0.717) is 0 Å². The molecule has 0 spiro atoms. The first-order valence-corrected chi connectivity index (χ1v) is 6.77. The number of carbonyl (C=O) groups is 2. The van der Waals surface area contributed by atoms with Gasteiger partial charge in [-0.25, -0.2) is 18.4 Å². The highest BCUT2D eigenvalue weighted by Crippen LogP contribution is 2.15. The lowest BCUT2D eigenvalue weighted by atomic mass is 10.2. The van der Waals surface area contributed by atoms with Gasteiger partial charge in [0.25, 0.3) is 0 Å². The number of amides is 1. The van der Waals surface area contributed by atoms with Crippen molar-refractivity contribution in [3.63, 3.8) is 0 Å². The first kappa shape index (κ1) is 18.7. The van der Waals surface area contributed by atoms with E-state index in [2.05, 4.69) is 10.1 Å². The number of nitrogens with one attached hydrogen (secondary N) is 1. The van der Waals surface area contributed by atoms with E-state index < -0.39 is 35.3 Å². The molecule has 8 heteroatoms. The van der Waals surface area contributed by atoms with Gasteiger partial charge in [0.05, 0.1) is 7.11 Å². The summed E-state index contributed by atoms with van der Waals surface area (Å²) in [6.45, 7) is 4.66. The number of esters is 1. The second-order valence-electron chi connectivity index (χ2n) is 5.61. The average molecular weight is 331 g/mol. The number of alkyl carbamates (subject to hydrolysis) is 1. The van der Waals surface area contributed by atoms with E-state index in [1.807, 2.05) is 0 Å². The molecule has 1 rings (SSSR count). The van der Waals surface area contributed by atoms with Crippen LogP contribution in [0, 0.1) is 11.6 Å². The summed E-state index contributed by atoms with van der Waals surface area (Å²) in [5.74, 6) is -2.87. The predicted molar refractivity (Wildman–Crippen MR) is 77.0 cm³/mol. The lowest BCUT2D eigenvalue weighted by Crippen LogP contribution is -2.47. The van der Waals surface area contributed by atoms with Crippen LogP contribution in [-0.2, 0) is 14.3 Å². The number of hydrogen-bond acceptors (Lipinski definition) is 5. The van der Waals surface area contributed by atoms with Gasteiger partial charge < -0.3 is 19.5 Å². The number of ether oxygens (including phenoxy) is 3. The van der Waals surface area contributed by atoms with Gasteiger partial charge in [-0.3, -0.25) is 0 Å². The molecule has 1 aromatic carbocycles. The standard InChI is InChI=1S/C15H19F2NO5/c1-15(2,3)23-14(20)18-12(13(19)21-4)8-22-9-5-6-10(16)11(17)7-9/h5-7,12H,8H2,1-4H3,(H,18,20). The van der Waals surface area contributed by atoms with E-state index in [4.69, 9.17) is 9.47 Å². The highest BCUT2D eigenvalue weighted by molar-refractivity contribution is 5.81. The zero-order valence-corrected chi connectivity index (χ0v) is 13.3. The smallest absolute Gasteiger partial charge is 0.408 e. The Labute approximate surface area is 132 Å². The van der Waals surface area contributed by atoms with Crippen LogP contribution in [0.5, 0.6) is 5.75 Å². The topological polar surface area (TPSA) is 73.9 Å². The Balaban J connectivity index is 2.69. The second-order valence-corrected chi connectivity index (χ2v) is 5.61. The van der Waals surface area contributed by atoms with Crippen LogP contribution in [0.4, 0.5) is 13.6 Å². The molecule has 0 aromatic heterocycles. The summed E-state index contributed by atoms with van der Waals surface area (Å²) >= 11 is 0. The molecule has 0 bridgehead atoms. The molecule has 0 aliphatic carbocycles. The molecule has 0 saturated carbocycles. The first-order valence-electron chi connectivity index (χ1n) is 6.77. The molecule has 0 aliphatic rings. The van der Waals surface area contributed by atoms with Gasteiger partial charge in [0.15, 0.2) is 17.7 Å². The molecule has 1 atom stereocenters. The van der Waals surface area contributed by atoms with Crippen molar-refractivity contribution in [1.29, 1.82) is 0 Å². The lowest BCUT2D eigenvalue weighted by molar-refractivity contribution is -0.143. The second kappa shape index (κ2) is 7.75. The SMILES string of the molecule is COC(=O)C(COc1ccc(F)c(F)c1)NC(=O)OC(C)(C)C. The van der Waals surface area contributed by atoms with Gasteiger partial charge in [-0.15, -0.1) is 0 Å². The summed E-state index contributed by atoms with van der Waals surface area (Å²) in [6.07, 6.45) is -0.832. The Kier molecular flexibility index (Phi) is 6.29. The molecule has 0 fully saturated rings. The van der Waals surface area contributed by atoms with Gasteiger partial charge >= 0.3 is 12.1 Å². The summed E-state index contributed by atoms with van der Waals surface area (Å²) < 4.78 is 40.7. The fourth-order valence-electron chi connectivity index (χ4n) is 1.51. The highest BCUT2D eigenvalue weighted by Gasteiger charge is 2.25. The third-order valence-electron chi connectivity index (χ3n) is 2.48. The van der Waals surface area contributed by atoms with Crippen molar-refractivity contribution in [1.82, 2.24) is 5.32 Å². The van der Waals surface area contributed by atoms with Crippen molar-refractivity contribution in [2.24, 2.45) is 0 Å². The van der Waals surface area contributed by atoms with Gasteiger partial charge in [0, 0.05) is 6.07 Å². The monoisotopic (exact) mass is 331 g/mol. The number of hydrogen-bond donors (Lipinski definition) is 1. The summed E-state index contributed by atoms with van der Waals surface area (Å²) in [5.41, 5.74) is -0.744. The Morgan fingerprint density at radius 2 is 1.87 bits per heavy atom. The van der Waals surface area contributed by atoms with E-state index in [1.54, 1.807) is 20.8 Å². The fourth-order valence-corrected chi connectivity index (χ4v) is 1.51. The maximum absolute atomic E-state index is 13.1. The molecular weight excluding hydrogens is 312 g/mol. The third kappa shape index (κ3) is 6.50. The third-order valence-corrected chi connectivity index (χ3v) is 2.48. The number of halogens is 2. The highest BCUT2D eigenvalue weighted by atomic mass is 19.2. The Hall–Kier alpha value is -2.38.